The summed E-state index contributed by atoms with van der Waals surface area (Å²) in [4.78, 5) is 39.8. The summed E-state index contributed by atoms with van der Waals surface area (Å²) < 4.78 is 15.9. The number of ether oxygens (including phenoxy) is 3. The van der Waals surface area contributed by atoms with Gasteiger partial charge >= 0.3 is 12.2 Å². The fourth-order valence-corrected chi connectivity index (χ4v) is 6.64. The standard InChI is InChI=1S/C31H39Cl3N2O6/c1-18(35-28(38)42-30(3,4)5)27-26(20-7-9-21(32)10-8-20)24(23-12-11-22(33)17-25(23)34)13-14-31(27,19(2)37)36-29(39)41-16-15-40-6/h7-12,17-18,24,26-27H,13-16H2,1-6H3,(H,35,38)(H,36,39)/t18-,24+,26+,27+,31-/m1/s1. The molecule has 0 radical (unpaired) electrons. The summed E-state index contributed by atoms with van der Waals surface area (Å²) in [6.07, 6.45) is -0.644. The molecule has 1 saturated carbocycles. The van der Waals surface area contributed by atoms with E-state index in [2.05, 4.69) is 10.6 Å². The lowest BCUT2D eigenvalue weighted by molar-refractivity contribution is -0.128. The summed E-state index contributed by atoms with van der Waals surface area (Å²) in [7, 11) is 1.50. The van der Waals surface area contributed by atoms with E-state index >= 15 is 0 Å². The average molecular weight is 642 g/mol. The van der Waals surface area contributed by atoms with Crippen molar-refractivity contribution in [2.45, 2.75) is 76.5 Å². The van der Waals surface area contributed by atoms with E-state index in [1.54, 1.807) is 52.0 Å². The summed E-state index contributed by atoms with van der Waals surface area (Å²) in [5.74, 6) is -1.55. The molecule has 0 spiro atoms. The molecule has 0 unspecified atom stereocenters. The first-order valence-corrected chi connectivity index (χ1v) is 15.0. The van der Waals surface area contributed by atoms with Gasteiger partial charge in [-0.25, -0.2) is 9.59 Å². The van der Waals surface area contributed by atoms with Crippen LogP contribution in [0.4, 0.5) is 9.59 Å². The van der Waals surface area contributed by atoms with Gasteiger partial charge in [-0.05, 0) is 94.7 Å². The minimum absolute atomic E-state index is 0.0102. The molecule has 11 heteroatoms. The van der Waals surface area contributed by atoms with Crippen LogP contribution in [0.15, 0.2) is 42.5 Å². The minimum atomic E-state index is -1.40. The van der Waals surface area contributed by atoms with Gasteiger partial charge in [0.25, 0.3) is 0 Å². The number of rotatable bonds is 9. The van der Waals surface area contributed by atoms with Crippen molar-refractivity contribution in [3.8, 4) is 0 Å². The van der Waals surface area contributed by atoms with Crippen molar-refractivity contribution in [2.24, 2.45) is 5.92 Å². The fourth-order valence-electron chi connectivity index (χ4n) is 5.96. The minimum Gasteiger partial charge on any atom is -0.447 e. The molecule has 0 aromatic heterocycles. The fraction of sp³-hybridized carbons (Fsp3) is 0.516. The van der Waals surface area contributed by atoms with E-state index in [0.29, 0.717) is 21.5 Å². The summed E-state index contributed by atoms with van der Waals surface area (Å²) in [5.41, 5.74) is -0.446. The molecular weight excluding hydrogens is 603 g/mol. The largest absolute Gasteiger partial charge is 0.447 e. The van der Waals surface area contributed by atoms with Crippen molar-refractivity contribution in [3.05, 3.63) is 68.7 Å². The number of ketones is 1. The quantitative estimate of drug-likeness (QED) is 0.274. The van der Waals surface area contributed by atoms with Crippen LogP contribution in [0.2, 0.25) is 15.1 Å². The van der Waals surface area contributed by atoms with Crippen LogP contribution >= 0.6 is 34.8 Å². The number of hydrogen-bond donors (Lipinski definition) is 2. The highest BCUT2D eigenvalue weighted by Crippen LogP contribution is 2.54. The SMILES string of the molecule is COCCOC(=O)N[C@@]1(C(C)=O)CC[C@@H](c2ccc(Cl)cc2Cl)[C@H](c2ccc(Cl)cc2)[C@@H]1[C@@H](C)NC(=O)OC(C)(C)C. The normalized spacial score (nSPS) is 23.0. The lowest BCUT2D eigenvalue weighted by atomic mass is 9.56. The van der Waals surface area contributed by atoms with Crippen LogP contribution in [0, 0.1) is 5.92 Å². The Bertz CT molecular complexity index is 1270. The van der Waals surface area contributed by atoms with Crippen molar-refractivity contribution < 1.29 is 28.6 Å². The third-order valence-electron chi connectivity index (χ3n) is 7.61. The number of nitrogens with one attached hydrogen (secondary N) is 2. The van der Waals surface area contributed by atoms with E-state index in [1.165, 1.54) is 14.0 Å². The molecule has 1 aliphatic rings. The Kier molecular flexibility index (Phi) is 11.6. The van der Waals surface area contributed by atoms with Gasteiger partial charge in [-0.15, -0.1) is 0 Å². The average Bonchev–Trinajstić information content (AvgIpc) is 2.88. The van der Waals surface area contributed by atoms with Crippen molar-refractivity contribution in [1.82, 2.24) is 10.6 Å². The summed E-state index contributed by atoms with van der Waals surface area (Å²) in [5, 5.41) is 7.38. The molecule has 0 bridgehead atoms. The number of alkyl carbamates (subject to hydrolysis) is 2. The molecule has 3 rings (SSSR count). The zero-order chi connectivity index (χ0) is 31.2. The molecular formula is C31H39Cl3N2O6. The van der Waals surface area contributed by atoms with Crippen molar-refractivity contribution in [1.29, 1.82) is 0 Å². The molecule has 2 aromatic rings. The van der Waals surface area contributed by atoms with E-state index in [4.69, 9.17) is 49.0 Å². The number of hydrogen-bond acceptors (Lipinski definition) is 6. The number of benzene rings is 2. The van der Waals surface area contributed by atoms with E-state index in [1.807, 2.05) is 18.2 Å². The highest BCUT2D eigenvalue weighted by Gasteiger charge is 2.56. The third kappa shape index (κ3) is 8.31. The maximum Gasteiger partial charge on any atom is 0.408 e. The highest BCUT2D eigenvalue weighted by atomic mass is 35.5. The van der Waals surface area contributed by atoms with Gasteiger partial charge in [0.15, 0.2) is 5.78 Å². The maximum atomic E-state index is 13.7. The Morgan fingerprint density at radius 2 is 1.64 bits per heavy atom. The first kappa shape index (κ1) is 34.0. The summed E-state index contributed by atoms with van der Waals surface area (Å²) >= 11 is 19.3. The van der Waals surface area contributed by atoms with Crippen LogP contribution in [0.1, 0.15) is 70.4 Å². The van der Waals surface area contributed by atoms with Gasteiger partial charge in [-0.1, -0.05) is 53.0 Å². The van der Waals surface area contributed by atoms with Crippen molar-refractivity contribution >= 4 is 52.8 Å². The van der Waals surface area contributed by atoms with E-state index < -0.39 is 41.2 Å². The second kappa shape index (κ2) is 14.3. The van der Waals surface area contributed by atoms with Gasteiger partial charge in [0.1, 0.15) is 17.7 Å². The number of carbonyl (C=O) groups excluding carboxylic acids is 3. The van der Waals surface area contributed by atoms with E-state index in [9.17, 15) is 14.4 Å². The van der Waals surface area contributed by atoms with Crippen LogP contribution < -0.4 is 10.6 Å². The molecule has 2 aromatic carbocycles. The molecule has 8 nitrogen and oxygen atoms in total. The van der Waals surface area contributed by atoms with Crippen LogP contribution in [-0.2, 0) is 19.0 Å². The lowest BCUT2D eigenvalue weighted by Gasteiger charge is -2.52. The van der Waals surface area contributed by atoms with Gasteiger partial charge in [0, 0.05) is 34.1 Å². The second-order valence-corrected chi connectivity index (χ2v) is 12.9. The Balaban J connectivity index is 2.20. The van der Waals surface area contributed by atoms with Gasteiger partial charge in [-0.2, -0.15) is 0 Å². The molecule has 1 aliphatic carbocycles. The van der Waals surface area contributed by atoms with E-state index in [0.717, 1.165) is 11.1 Å². The molecule has 42 heavy (non-hydrogen) atoms. The number of methoxy groups -OCH3 is 1. The molecule has 230 valence electrons. The predicted octanol–water partition coefficient (Wildman–Crippen LogP) is 7.54. The first-order valence-electron chi connectivity index (χ1n) is 13.8. The number of halogens is 3. The molecule has 5 atom stereocenters. The molecule has 0 aliphatic heterocycles. The summed E-state index contributed by atoms with van der Waals surface area (Å²) in [6, 6.07) is 12.0. The zero-order valence-corrected chi connectivity index (χ0v) is 27.0. The molecule has 0 heterocycles. The van der Waals surface area contributed by atoms with Gasteiger partial charge in [0.2, 0.25) is 0 Å². The molecule has 0 saturated heterocycles. The van der Waals surface area contributed by atoms with Crippen molar-refractivity contribution in [2.75, 3.05) is 20.3 Å². The zero-order valence-electron chi connectivity index (χ0n) is 24.8. The van der Waals surface area contributed by atoms with Gasteiger partial charge < -0.3 is 24.8 Å². The smallest absolute Gasteiger partial charge is 0.408 e. The Labute approximate surface area is 262 Å². The summed E-state index contributed by atoms with van der Waals surface area (Å²) in [6.45, 7) is 8.76. The maximum absolute atomic E-state index is 13.7. The third-order valence-corrected chi connectivity index (χ3v) is 8.43. The number of Topliss-reactive ketones (excluding diaryl/α,β-unsaturated/α-hetero) is 1. The lowest BCUT2D eigenvalue weighted by Crippen LogP contribution is -2.67. The van der Waals surface area contributed by atoms with Gasteiger partial charge in [-0.3, -0.25) is 4.79 Å². The number of amides is 2. The Morgan fingerprint density at radius 3 is 2.21 bits per heavy atom. The van der Waals surface area contributed by atoms with Crippen LogP contribution in [0.25, 0.3) is 0 Å². The molecule has 1 fully saturated rings. The second-order valence-electron chi connectivity index (χ2n) is 11.6. The molecule has 2 N–H and O–H groups in total. The van der Waals surface area contributed by atoms with E-state index in [-0.39, 0.29) is 31.3 Å². The van der Waals surface area contributed by atoms with Crippen LogP contribution in [0.5, 0.6) is 0 Å². The van der Waals surface area contributed by atoms with Crippen molar-refractivity contribution in [3.63, 3.8) is 0 Å². The highest BCUT2D eigenvalue weighted by molar-refractivity contribution is 6.35. The van der Waals surface area contributed by atoms with Crippen LogP contribution in [0.3, 0.4) is 0 Å². The number of carbonyl (C=O) groups is 3. The first-order chi connectivity index (χ1) is 19.7. The molecule has 2 amide bonds. The van der Waals surface area contributed by atoms with Crippen LogP contribution in [-0.4, -0.2) is 55.5 Å². The Morgan fingerprint density at radius 1 is 1.00 bits per heavy atom. The predicted molar refractivity (Wildman–Crippen MR) is 165 cm³/mol. The van der Waals surface area contributed by atoms with Gasteiger partial charge in [0.05, 0.1) is 6.61 Å². The topological polar surface area (TPSA) is 103 Å². The Hall–Kier alpha value is -2.52. The monoisotopic (exact) mass is 640 g/mol.